The van der Waals surface area contributed by atoms with Crippen molar-refractivity contribution in [3.05, 3.63) is 42.3 Å². The third kappa shape index (κ3) is 4.47. The summed E-state index contributed by atoms with van der Waals surface area (Å²) in [5, 5.41) is 6.38. The first kappa shape index (κ1) is 19.8. The first-order valence-corrected chi connectivity index (χ1v) is 10.8. The van der Waals surface area contributed by atoms with Gasteiger partial charge in [0, 0.05) is 22.2 Å². The Morgan fingerprint density at radius 2 is 2.00 bits per heavy atom. The number of aliphatic imine (C=N–C) groups is 1. The quantitative estimate of drug-likeness (QED) is 0.482. The van der Waals surface area contributed by atoms with Gasteiger partial charge in [0.05, 0.1) is 11.4 Å². The molecule has 5 heteroatoms. The zero-order valence-electron chi connectivity index (χ0n) is 16.7. The Bertz CT molecular complexity index is 869. The zero-order chi connectivity index (χ0) is 19.4. The summed E-state index contributed by atoms with van der Waals surface area (Å²) in [5.41, 5.74) is 4.18. The van der Waals surface area contributed by atoms with Gasteiger partial charge in [-0.3, -0.25) is 9.71 Å². The molecule has 2 aromatic rings. The smallest absolute Gasteiger partial charge is 0.141 e. The number of hydrogen-bond donors (Lipinski definition) is 1. The molecular formula is C22H29N3OS. The van der Waals surface area contributed by atoms with Crippen LogP contribution in [-0.4, -0.2) is 22.3 Å². The maximum Gasteiger partial charge on any atom is 0.141 e. The molecule has 1 aliphatic carbocycles. The van der Waals surface area contributed by atoms with Crippen LogP contribution in [0.1, 0.15) is 51.0 Å². The largest absolute Gasteiger partial charge is 0.361 e. The van der Waals surface area contributed by atoms with Gasteiger partial charge < -0.3 is 4.52 Å². The lowest BCUT2D eigenvalue weighted by Crippen LogP contribution is -2.35. The SMILES string of the molecule is C=CC=Nc1cc(-c2c(C)noc2C)cc(/S(=C/C)NC2(C)CCCC2)c1. The molecule has 1 aliphatic rings. The van der Waals surface area contributed by atoms with Crippen LogP contribution in [0.4, 0.5) is 5.69 Å². The molecule has 1 unspecified atom stereocenters. The molecule has 27 heavy (non-hydrogen) atoms. The van der Waals surface area contributed by atoms with E-state index in [2.05, 4.69) is 58.9 Å². The molecular weight excluding hydrogens is 354 g/mol. The molecule has 0 spiro atoms. The fraction of sp³-hybridized carbons (Fsp3) is 0.409. The average Bonchev–Trinajstić information content (AvgIpc) is 3.23. The molecule has 1 N–H and O–H groups in total. The summed E-state index contributed by atoms with van der Waals surface area (Å²) in [7, 11) is -0.151. The van der Waals surface area contributed by atoms with Crippen molar-refractivity contribution in [2.45, 2.75) is 63.8 Å². The Morgan fingerprint density at radius 3 is 2.59 bits per heavy atom. The molecule has 0 radical (unpaired) electrons. The first-order valence-electron chi connectivity index (χ1n) is 9.49. The number of rotatable bonds is 6. The van der Waals surface area contributed by atoms with Gasteiger partial charge in [0.25, 0.3) is 0 Å². The van der Waals surface area contributed by atoms with E-state index in [1.807, 2.05) is 13.8 Å². The summed E-state index contributed by atoms with van der Waals surface area (Å²) in [6.45, 7) is 12.1. The second-order valence-corrected chi connectivity index (χ2v) is 9.19. The van der Waals surface area contributed by atoms with Crippen LogP contribution in [0, 0.1) is 13.8 Å². The van der Waals surface area contributed by atoms with Crippen molar-refractivity contribution >= 4 is 27.9 Å². The van der Waals surface area contributed by atoms with Gasteiger partial charge in [-0.15, -0.1) is 0 Å². The van der Waals surface area contributed by atoms with Crippen LogP contribution in [0.5, 0.6) is 0 Å². The fourth-order valence-electron chi connectivity index (χ4n) is 3.74. The molecule has 1 saturated carbocycles. The summed E-state index contributed by atoms with van der Waals surface area (Å²) in [5.74, 6) is 0.833. The molecule has 0 aliphatic heterocycles. The fourth-order valence-corrected chi connectivity index (χ4v) is 5.48. The summed E-state index contributed by atoms with van der Waals surface area (Å²) in [4.78, 5) is 5.79. The van der Waals surface area contributed by atoms with E-state index in [0.717, 1.165) is 28.3 Å². The maximum absolute atomic E-state index is 5.40. The van der Waals surface area contributed by atoms with E-state index >= 15 is 0 Å². The van der Waals surface area contributed by atoms with Crippen LogP contribution >= 0.6 is 10.7 Å². The predicted molar refractivity (Wildman–Crippen MR) is 117 cm³/mol. The molecule has 1 fully saturated rings. The number of nitrogens with one attached hydrogen (secondary N) is 1. The monoisotopic (exact) mass is 383 g/mol. The van der Waals surface area contributed by atoms with Crippen LogP contribution in [-0.2, 0) is 0 Å². The Morgan fingerprint density at radius 1 is 1.26 bits per heavy atom. The molecule has 1 aromatic carbocycles. The molecule has 1 heterocycles. The zero-order valence-corrected chi connectivity index (χ0v) is 17.5. The molecule has 1 aromatic heterocycles. The third-order valence-electron chi connectivity index (χ3n) is 5.10. The van der Waals surface area contributed by atoms with Crippen molar-refractivity contribution in [2.24, 2.45) is 4.99 Å². The van der Waals surface area contributed by atoms with Crippen LogP contribution in [0.3, 0.4) is 0 Å². The Hall–Kier alpha value is -1.98. The Labute approximate surface area is 164 Å². The number of aryl methyl sites for hydroxylation is 2. The number of nitrogens with zero attached hydrogens (tertiary/aromatic N) is 2. The van der Waals surface area contributed by atoms with E-state index in [0.29, 0.717) is 0 Å². The number of allylic oxidation sites excluding steroid dienone is 1. The lowest BCUT2D eigenvalue weighted by atomic mass is 10.0. The van der Waals surface area contributed by atoms with Gasteiger partial charge in [-0.1, -0.05) is 41.3 Å². The lowest BCUT2D eigenvalue weighted by Gasteiger charge is -2.28. The highest BCUT2D eigenvalue weighted by molar-refractivity contribution is 8.13. The summed E-state index contributed by atoms with van der Waals surface area (Å²) >= 11 is 0. The molecule has 1 atom stereocenters. The highest BCUT2D eigenvalue weighted by Gasteiger charge is 2.29. The highest BCUT2D eigenvalue weighted by Crippen LogP contribution is 2.39. The van der Waals surface area contributed by atoms with Crippen molar-refractivity contribution in [1.82, 2.24) is 9.88 Å². The van der Waals surface area contributed by atoms with Gasteiger partial charge in [0.15, 0.2) is 0 Å². The highest BCUT2D eigenvalue weighted by atomic mass is 32.2. The van der Waals surface area contributed by atoms with E-state index in [1.165, 1.54) is 30.6 Å². The van der Waals surface area contributed by atoms with Gasteiger partial charge in [0.1, 0.15) is 5.76 Å². The molecule has 0 amide bonds. The second-order valence-electron chi connectivity index (χ2n) is 7.37. The van der Waals surface area contributed by atoms with Crippen molar-refractivity contribution in [2.75, 3.05) is 0 Å². The lowest BCUT2D eigenvalue weighted by molar-refractivity contribution is 0.393. The van der Waals surface area contributed by atoms with E-state index in [9.17, 15) is 0 Å². The van der Waals surface area contributed by atoms with Gasteiger partial charge in [-0.05, 0) is 69.7 Å². The van der Waals surface area contributed by atoms with Gasteiger partial charge in [0.2, 0.25) is 0 Å². The maximum atomic E-state index is 5.40. The van der Waals surface area contributed by atoms with Crippen molar-refractivity contribution in [1.29, 1.82) is 0 Å². The summed E-state index contributed by atoms with van der Waals surface area (Å²) in [6.07, 6.45) is 8.50. The number of benzene rings is 1. The van der Waals surface area contributed by atoms with E-state index in [-0.39, 0.29) is 16.2 Å². The van der Waals surface area contributed by atoms with Gasteiger partial charge in [-0.25, -0.2) is 0 Å². The second kappa shape index (κ2) is 8.36. The number of hydrogen-bond acceptors (Lipinski definition) is 4. The molecule has 4 nitrogen and oxygen atoms in total. The number of aromatic nitrogens is 1. The van der Waals surface area contributed by atoms with Gasteiger partial charge >= 0.3 is 0 Å². The summed E-state index contributed by atoms with van der Waals surface area (Å²) in [6, 6.07) is 6.49. The third-order valence-corrected chi connectivity index (χ3v) is 7.02. The first-order chi connectivity index (χ1) is 13.0. The van der Waals surface area contributed by atoms with E-state index in [1.54, 1.807) is 12.3 Å². The Kier molecular flexibility index (Phi) is 6.12. The van der Waals surface area contributed by atoms with Crippen molar-refractivity contribution in [3.8, 4) is 11.1 Å². The predicted octanol–water partition coefficient (Wildman–Crippen LogP) is 6.13. The minimum Gasteiger partial charge on any atom is -0.361 e. The standard InChI is InChI=1S/C22H29N3OS/c1-6-12-23-19-13-18(21-16(3)24-26-17(21)4)14-20(15-19)27(7-2)25-22(5)10-8-9-11-22/h6-7,12-15,25H,1,8-11H2,2-5H3. The van der Waals surface area contributed by atoms with Crippen LogP contribution < -0.4 is 4.72 Å². The minimum absolute atomic E-state index is 0.151. The average molecular weight is 384 g/mol. The van der Waals surface area contributed by atoms with Gasteiger partial charge in [-0.2, -0.15) is 0 Å². The normalized spacial score (nSPS) is 17.6. The molecule has 144 valence electrons. The van der Waals surface area contributed by atoms with Crippen LogP contribution in [0.25, 0.3) is 11.1 Å². The Balaban J connectivity index is 2.06. The van der Waals surface area contributed by atoms with Crippen LogP contribution in [0.15, 0.2) is 45.3 Å². The molecule has 3 rings (SSSR count). The van der Waals surface area contributed by atoms with Crippen molar-refractivity contribution in [3.63, 3.8) is 0 Å². The minimum atomic E-state index is -0.151. The van der Waals surface area contributed by atoms with Crippen LogP contribution in [0.2, 0.25) is 0 Å². The van der Waals surface area contributed by atoms with E-state index < -0.39 is 0 Å². The molecule has 0 saturated heterocycles. The van der Waals surface area contributed by atoms with E-state index in [4.69, 9.17) is 4.52 Å². The summed E-state index contributed by atoms with van der Waals surface area (Å²) < 4.78 is 9.30. The van der Waals surface area contributed by atoms with Crippen molar-refractivity contribution < 1.29 is 4.52 Å². The topological polar surface area (TPSA) is 50.4 Å². The molecule has 0 bridgehead atoms.